The van der Waals surface area contributed by atoms with Crippen LogP contribution >= 0.6 is 0 Å². The molecule has 1 atom stereocenters. The summed E-state index contributed by atoms with van der Waals surface area (Å²) >= 11 is 0. The van der Waals surface area contributed by atoms with Crippen LogP contribution in [0.3, 0.4) is 0 Å². The molecule has 3 nitrogen and oxygen atoms in total. The molecule has 1 aliphatic carbocycles. The third-order valence-corrected chi connectivity index (χ3v) is 8.84. The van der Waals surface area contributed by atoms with Gasteiger partial charge in [-0.25, -0.2) is 0 Å². The van der Waals surface area contributed by atoms with Gasteiger partial charge in [0, 0.05) is 12.2 Å². The second-order valence-corrected chi connectivity index (χ2v) is 12.1. The lowest BCUT2D eigenvalue weighted by molar-refractivity contribution is 0.128. The summed E-state index contributed by atoms with van der Waals surface area (Å²) in [5.41, 5.74) is 3.02. The number of benzene rings is 1. The fourth-order valence-electron chi connectivity index (χ4n) is 5.03. The molecule has 0 heterocycles. The van der Waals surface area contributed by atoms with Gasteiger partial charge in [0.25, 0.3) is 0 Å². The van der Waals surface area contributed by atoms with Crippen LogP contribution in [0.2, 0.25) is 6.04 Å². The molecule has 189 valence electrons. The molecule has 0 saturated heterocycles. The SMILES string of the molecule is CCCCC(CCC)c1ccc(OCCC[Si](OC(C)C)OC(C)C)c(C2CCCCC2)c1. The van der Waals surface area contributed by atoms with Gasteiger partial charge >= 0.3 is 9.28 Å². The molecule has 1 aromatic carbocycles. The Balaban J connectivity index is 2.07. The van der Waals surface area contributed by atoms with E-state index in [4.69, 9.17) is 13.6 Å². The standard InChI is InChI=1S/C29H51O3Si/c1-7-9-15-25(14-8-2)27-18-19-29(28(22-27)26-16-11-10-12-17-26)30-20-13-21-33(31-23(3)4)32-24(5)6/h18-19,22-26H,7-17,20-21H2,1-6H3. The summed E-state index contributed by atoms with van der Waals surface area (Å²) in [7, 11) is -1.24. The first-order valence-corrected chi connectivity index (χ1v) is 15.4. The van der Waals surface area contributed by atoms with Gasteiger partial charge in [0.05, 0.1) is 6.61 Å². The molecule has 33 heavy (non-hydrogen) atoms. The van der Waals surface area contributed by atoms with Crippen molar-refractivity contribution in [1.82, 2.24) is 0 Å². The molecule has 0 aromatic heterocycles. The van der Waals surface area contributed by atoms with Crippen molar-refractivity contribution in [2.75, 3.05) is 6.61 Å². The van der Waals surface area contributed by atoms with E-state index in [1.165, 1.54) is 69.8 Å². The van der Waals surface area contributed by atoms with Gasteiger partial charge in [-0.2, -0.15) is 0 Å². The van der Waals surface area contributed by atoms with Crippen LogP contribution in [0.4, 0.5) is 0 Å². The molecule has 1 saturated carbocycles. The van der Waals surface area contributed by atoms with Crippen molar-refractivity contribution >= 4 is 9.28 Å². The number of hydrogen-bond donors (Lipinski definition) is 0. The van der Waals surface area contributed by atoms with Crippen molar-refractivity contribution in [3.8, 4) is 5.75 Å². The second kappa shape index (κ2) is 15.9. The monoisotopic (exact) mass is 475 g/mol. The summed E-state index contributed by atoms with van der Waals surface area (Å²) in [6.45, 7) is 13.7. The highest BCUT2D eigenvalue weighted by Gasteiger charge is 2.23. The van der Waals surface area contributed by atoms with Gasteiger partial charge in [-0.15, -0.1) is 0 Å². The summed E-state index contributed by atoms with van der Waals surface area (Å²) in [6, 6.07) is 8.14. The van der Waals surface area contributed by atoms with Crippen LogP contribution in [0.15, 0.2) is 18.2 Å². The average molecular weight is 476 g/mol. The first kappa shape index (κ1) is 28.4. The van der Waals surface area contributed by atoms with E-state index in [0.717, 1.165) is 24.8 Å². The zero-order valence-electron chi connectivity index (χ0n) is 22.5. The minimum atomic E-state index is -1.24. The maximum absolute atomic E-state index is 6.43. The lowest BCUT2D eigenvalue weighted by atomic mass is 9.81. The molecule has 0 bridgehead atoms. The first-order valence-electron chi connectivity index (χ1n) is 13.9. The Labute approximate surface area is 206 Å². The lowest BCUT2D eigenvalue weighted by Crippen LogP contribution is -2.29. The number of rotatable bonds is 16. The van der Waals surface area contributed by atoms with E-state index in [2.05, 4.69) is 59.7 Å². The Morgan fingerprint density at radius 1 is 0.879 bits per heavy atom. The fourth-order valence-corrected chi connectivity index (χ4v) is 6.81. The molecule has 1 aliphatic rings. The summed E-state index contributed by atoms with van der Waals surface area (Å²) in [6.07, 6.45) is 14.6. The van der Waals surface area contributed by atoms with Crippen molar-refractivity contribution in [1.29, 1.82) is 0 Å². The van der Waals surface area contributed by atoms with Gasteiger partial charge in [-0.3, -0.25) is 0 Å². The second-order valence-electron chi connectivity index (χ2n) is 10.4. The normalized spacial score (nSPS) is 16.2. The molecule has 1 fully saturated rings. The van der Waals surface area contributed by atoms with E-state index in [0.29, 0.717) is 11.8 Å². The van der Waals surface area contributed by atoms with Crippen LogP contribution in [0.5, 0.6) is 5.75 Å². The van der Waals surface area contributed by atoms with Crippen LogP contribution in [-0.2, 0) is 8.85 Å². The molecule has 4 heteroatoms. The van der Waals surface area contributed by atoms with E-state index in [1.54, 1.807) is 5.56 Å². The molecule has 0 spiro atoms. The van der Waals surface area contributed by atoms with Crippen molar-refractivity contribution < 1.29 is 13.6 Å². The Morgan fingerprint density at radius 2 is 1.58 bits per heavy atom. The van der Waals surface area contributed by atoms with Gasteiger partial charge in [-0.05, 0) is 94.9 Å². The highest BCUT2D eigenvalue weighted by molar-refractivity contribution is 6.44. The molecule has 0 amide bonds. The van der Waals surface area contributed by atoms with Gasteiger partial charge in [0.15, 0.2) is 0 Å². The molecule has 0 aliphatic heterocycles. The predicted octanol–water partition coefficient (Wildman–Crippen LogP) is 8.92. The molecular formula is C29H51O3Si. The van der Waals surface area contributed by atoms with Gasteiger partial charge in [0.1, 0.15) is 5.75 Å². The van der Waals surface area contributed by atoms with Gasteiger partial charge in [0.2, 0.25) is 0 Å². The number of hydrogen-bond acceptors (Lipinski definition) is 3. The summed E-state index contributed by atoms with van der Waals surface area (Å²) in [5, 5.41) is 0. The van der Waals surface area contributed by atoms with Crippen LogP contribution in [-0.4, -0.2) is 28.1 Å². The summed E-state index contributed by atoms with van der Waals surface area (Å²) < 4.78 is 18.5. The molecule has 1 unspecified atom stereocenters. The van der Waals surface area contributed by atoms with Crippen molar-refractivity contribution in [3.63, 3.8) is 0 Å². The van der Waals surface area contributed by atoms with Crippen LogP contribution in [0.1, 0.15) is 135 Å². The van der Waals surface area contributed by atoms with Crippen molar-refractivity contribution in [2.24, 2.45) is 0 Å². The third-order valence-electron chi connectivity index (χ3n) is 6.61. The maximum atomic E-state index is 6.43. The van der Waals surface area contributed by atoms with E-state index < -0.39 is 9.28 Å². The molecular weight excluding hydrogens is 424 g/mol. The molecule has 0 N–H and O–H groups in total. The average Bonchev–Trinajstić information content (AvgIpc) is 2.79. The third kappa shape index (κ3) is 10.5. The topological polar surface area (TPSA) is 27.7 Å². The van der Waals surface area contributed by atoms with Crippen molar-refractivity contribution in [2.45, 2.75) is 142 Å². The van der Waals surface area contributed by atoms with Gasteiger partial charge in [-0.1, -0.05) is 64.5 Å². The van der Waals surface area contributed by atoms with E-state index in [1.807, 2.05) is 0 Å². The van der Waals surface area contributed by atoms with E-state index >= 15 is 0 Å². The zero-order valence-corrected chi connectivity index (χ0v) is 23.5. The fraction of sp³-hybridized carbons (Fsp3) is 0.793. The van der Waals surface area contributed by atoms with E-state index in [-0.39, 0.29) is 12.2 Å². The number of ether oxygens (including phenoxy) is 1. The Morgan fingerprint density at radius 3 is 2.18 bits per heavy atom. The Bertz CT molecular complexity index is 630. The predicted molar refractivity (Wildman–Crippen MR) is 143 cm³/mol. The maximum Gasteiger partial charge on any atom is 0.385 e. The highest BCUT2D eigenvalue weighted by atomic mass is 28.3. The summed E-state index contributed by atoms with van der Waals surface area (Å²) in [5.74, 6) is 2.48. The highest BCUT2D eigenvalue weighted by Crippen LogP contribution is 2.40. The molecule has 2 rings (SSSR count). The quantitative estimate of drug-likeness (QED) is 0.176. The van der Waals surface area contributed by atoms with E-state index in [9.17, 15) is 0 Å². The minimum Gasteiger partial charge on any atom is -0.493 e. The molecule has 1 radical (unpaired) electrons. The van der Waals surface area contributed by atoms with Gasteiger partial charge < -0.3 is 13.6 Å². The van der Waals surface area contributed by atoms with Crippen molar-refractivity contribution in [3.05, 3.63) is 29.3 Å². The van der Waals surface area contributed by atoms with Crippen LogP contribution in [0.25, 0.3) is 0 Å². The zero-order chi connectivity index (χ0) is 24.1. The largest absolute Gasteiger partial charge is 0.493 e. The molecule has 1 aromatic rings. The Hall–Kier alpha value is -0.843. The first-order chi connectivity index (χ1) is 15.9. The number of unbranched alkanes of at least 4 members (excludes halogenated alkanes) is 1. The van der Waals surface area contributed by atoms with Crippen LogP contribution in [0, 0.1) is 0 Å². The van der Waals surface area contributed by atoms with Crippen LogP contribution < -0.4 is 4.74 Å². The smallest absolute Gasteiger partial charge is 0.385 e. The summed E-state index contributed by atoms with van der Waals surface area (Å²) in [4.78, 5) is 0. The minimum absolute atomic E-state index is 0.216. The lowest BCUT2D eigenvalue weighted by Gasteiger charge is -2.26. The Kier molecular flexibility index (Phi) is 13.7.